The molecule has 0 saturated carbocycles. The summed E-state index contributed by atoms with van der Waals surface area (Å²) in [6, 6.07) is 16.4. The lowest BCUT2D eigenvalue weighted by Gasteiger charge is -2.14. The first-order chi connectivity index (χ1) is 15.7. The summed E-state index contributed by atoms with van der Waals surface area (Å²) in [5, 5.41) is 16.6. The van der Waals surface area contributed by atoms with Crippen LogP contribution in [0.15, 0.2) is 53.7 Å². The van der Waals surface area contributed by atoms with E-state index in [1.807, 2.05) is 56.7 Å². The van der Waals surface area contributed by atoms with Crippen molar-refractivity contribution in [2.75, 3.05) is 5.32 Å². The van der Waals surface area contributed by atoms with Gasteiger partial charge in [-0.3, -0.25) is 14.0 Å². The van der Waals surface area contributed by atoms with E-state index in [0.717, 1.165) is 34.2 Å². The van der Waals surface area contributed by atoms with E-state index in [4.69, 9.17) is 0 Å². The van der Waals surface area contributed by atoms with Gasteiger partial charge in [0.15, 0.2) is 11.0 Å². The highest BCUT2D eigenvalue weighted by Gasteiger charge is 2.23. The van der Waals surface area contributed by atoms with Crippen LogP contribution < -0.4 is 5.32 Å². The number of amides is 1. The minimum absolute atomic E-state index is 0.102. The van der Waals surface area contributed by atoms with Crippen LogP contribution in [0.3, 0.4) is 0 Å². The number of carbonyl (C=O) groups excluding carboxylic acids is 1. The van der Waals surface area contributed by atoms with Gasteiger partial charge in [-0.15, -0.1) is 10.2 Å². The third-order valence-corrected chi connectivity index (χ3v) is 6.69. The number of thioether (sulfide) groups is 1. The Bertz CT molecular complexity index is 1290. The number of nitrogens with zero attached hydrogens (tertiary/aromatic N) is 5. The van der Waals surface area contributed by atoms with E-state index in [1.54, 1.807) is 4.68 Å². The number of nitrogens with one attached hydrogen (secondary N) is 1. The summed E-state index contributed by atoms with van der Waals surface area (Å²) < 4.78 is 3.78. The number of benzene rings is 2. The molecular weight excluding hydrogens is 432 g/mol. The molecule has 1 unspecified atom stereocenters. The SMILES string of the molecule is Cc1ccc(-c2nnc(SC(C)C(=O)Nc3c(C)nn(C)c3C)n2-c2ccc(C)cc2)cc1. The molecule has 170 valence electrons. The van der Waals surface area contributed by atoms with Gasteiger partial charge < -0.3 is 5.32 Å². The lowest BCUT2D eigenvalue weighted by molar-refractivity contribution is -0.115. The Balaban J connectivity index is 1.66. The van der Waals surface area contributed by atoms with Crippen LogP contribution >= 0.6 is 11.8 Å². The molecule has 0 aliphatic carbocycles. The first-order valence-electron chi connectivity index (χ1n) is 10.8. The van der Waals surface area contributed by atoms with Gasteiger partial charge in [0.25, 0.3) is 0 Å². The summed E-state index contributed by atoms with van der Waals surface area (Å²) in [5.74, 6) is 0.641. The van der Waals surface area contributed by atoms with Crippen LogP contribution in [-0.4, -0.2) is 35.7 Å². The number of hydrogen-bond donors (Lipinski definition) is 1. The van der Waals surface area contributed by atoms with Crippen LogP contribution in [0, 0.1) is 27.7 Å². The Morgan fingerprint density at radius 2 is 1.55 bits per heavy atom. The highest BCUT2D eigenvalue weighted by atomic mass is 32.2. The number of rotatable bonds is 6. The van der Waals surface area contributed by atoms with Gasteiger partial charge in [0.2, 0.25) is 5.91 Å². The van der Waals surface area contributed by atoms with Crippen LogP contribution in [0.2, 0.25) is 0 Å². The standard InChI is InChI=1S/C25H28N6OS/c1-15-7-11-20(12-8-15)23-27-28-25(31(23)21-13-9-16(2)10-14-21)33-19(5)24(32)26-22-17(3)29-30(6)18(22)4/h7-14,19H,1-6H3,(H,26,32). The molecule has 2 heterocycles. The summed E-state index contributed by atoms with van der Waals surface area (Å²) in [7, 11) is 1.87. The average molecular weight is 461 g/mol. The molecule has 0 saturated heterocycles. The first-order valence-corrected chi connectivity index (χ1v) is 11.7. The maximum absolute atomic E-state index is 13.0. The van der Waals surface area contributed by atoms with E-state index in [2.05, 4.69) is 58.7 Å². The van der Waals surface area contributed by atoms with Gasteiger partial charge in [0, 0.05) is 18.3 Å². The fourth-order valence-electron chi connectivity index (χ4n) is 3.55. The second-order valence-corrected chi connectivity index (χ2v) is 9.57. The Morgan fingerprint density at radius 3 is 2.12 bits per heavy atom. The molecule has 1 atom stereocenters. The monoisotopic (exact) mass is 460 g/mol. The fraction of sp³-hybridized carbons (Fsp3) is 0.280. The molecule has 4 rings (SSSR count). The summed E-state index contributed by atoms with van der Waals surface area (Å²) in [6.07, 6.45) is 0. The number of aromatic nitrogens is 5. The van der Waals surface area contributed by atoms with Crippen molar-refractivity contribution in [3.63, 3.8) is 0 Å². The molecule has 4 aromatic rings. The summed E-state index contributed by atoms with van der Waals surface area (Å²) in [6.45, 7) is 9.82. The van der Waals surface area contributed by atoms with E-state index in [-0.39, 0.29) is 11.2 Å². The van der Waals surface area contributed by atoms with Crippen LogP contribution in [-0.2, 0) is 11.8 Å². The molecule has 7 nitrogen and oxygen atoms in total. The van der Waals surface area contributed by atoms with E-state index in [9.17, 15) is 4.79 Å². The smallest absolute Gasteiger partial charge is 0.237 e. The second kappa shape index (κ2) is 9.23. The second-order valence-electron chi connectivity index (χ2n) is 8.26. The highest BCUT2D eigenvalue weighted by Crippen LogP contribution is 2.31. The molecule has 8 heteroatoms. The zero-order valence-electron chi connectivity index (χ0n) is 19.7. The van der Waals surface area contributed by atoms with Crippen LogP contribution in [0.5, 0.6) is 0 Å². The van der Waals surface area contributed by atoms with Crippen LogP contribution in [0.4, 0.5) is 5.69 Å². The van der Waals surface area contributed by atoms with Gasteiger partial charge in [-0.25, -0.2) is 0 Å². The maximum atomic E-state index is 13.0. The van der Waals surface area contributed by atoms with Crippen molar-refractivity contribution < 1.29 is 4.79 Å². The number of hydrogen-bond acceptors (Lipinski definition) is 5. The number of anilines is 1. The van der Waals surface area contributed by atoms with Gasteiger partial charge in [-0.1, -0.05) is 59.3 Å². The van der Waals surface area contributed by atoms with Crippen LogP contribution in [0.25, 0.3) is 17.1 Å². The Kier molecular flexibility index (Phi) is 6.37. The molecule has 0 aliphatic heterocycles. The highest BCUT2D eigenvalue weighted by molar-refractivity contribution is 8.00. The Labute approximate surface area is 198 Å². The molecule has 1 amide bonds. The average Bonchev–Trinajstić information content (AvgIpc) is 3.30. The molecule has 2 aromatic heterocycles. The molecule has 1 N–H and O–H groups in total. The Morgan fingerprint density at radius 1 is 0.939 bits per heavy atom. The van der Waals surface area contributed by atoms with Crippen molar-refractivity contribution >= 4 is 23.4 Å². The minimum atomic E-state index is -0.386. The predicted molar refractivity (Wildman–Crippen MR) is 133 cm³/mol. The van der Waals surface area contributed by atoms with Crippen molar-refractivity contribution in [2.45, 2.75) is 45.0 Å². The summed E-state index contributed by atoms with van der Waals surface area (Å²) >= 11 is 1.38. The van der Waals surface area contributed by atoms with Crippen LogP contribution in [0.1, 0.15) is 29.4 Å². The van der Waals surface area contributed by atoms with Gasteiger partial charge in [-0.05, 0) is 46.8 Å². The topological polar surface area (TPSA) is 77.6 Å². The van der Waals surface area contributed by atoms with E-state index in [1.165, 1.54) is 22.9 Å². The zero-order chi connectivity index (χ0) is 23.7. The van der Waals surface area contributed by atoms with E-state index in [0.29, 0.717) is 5.16 Å². The Hall–Kier alpha value is -3.39. The van der Waals surface area contributed by atoms with Crippen molar-refractivity contribution in [3.8, 4) is 17.1 Å². The first kappa shape index (κ1) is 22.8. The van der Waals surface area contributed by atoms with Gasteiger partial charge in [0.05, 0.1) is 22.3 Å². The molecule has 0 spiro atoms. The lowest BCUT2D eigenvalue weighted by Crippen LogP contribution is -2.23. The molecule has 33 heavy (non-hydrogen) atoms. The minimum Gasteiger partial charge on any atom is -0.322 e. The van der Waals surface area contributed by atoms with Gasteiger partial charge in [-0.2, -0.15) is 5.10 Å². The quantitative estimate of drug-likeness (QED) is 0.409. The molecule has 2 aromatic carbocycles. The summed E-state index contributed by atoms with van der Waals surface area (Å²) in [5.41, 5.74) is 6.76. The summed E-state index contributed by atoms with van der Waals surface area (Å²) in [4.78, 5) is 13.0. The molecule has 0 fully saturated rings. The fourth-order valence-corrected chi connectivity index (χ4v) is 4.42. The number of carbonyl (C=O) groups is 1. The molecule has 0 aliphatic rings. The lowest BCUT2D eigenvalue weighted by atomic mass is 10.1. The van der Waals surface area contributed by atoms with E-state index >= 15 is 0 Å². The predicted octanol–water partition coefficient (Wildman–Crippen LogP) is 5.02. The molecule has 0 bridgehead atoms. The normalized spacial score (nSPS) is 12.1. The van der Waals surface area contributed by atoms with Crippen molar-refractivity contribution in [3.05, 3.63) is 71.0 Å². The van der Waals surface area contributed by atoms with Crippen molar-refractivity contribution in [2.24, 2.45) is 7.05 Å². The van der Waals surface area contributed by atoms with Gasteiger partial charge >= 0.3 is 0 Å². The molecular formula is C25H28N6OS. The van der Waals surface area contributed by atoms with E-state index < -0.39 is 0 Å². The van der Waals surface area contributed by atoms with Gasteiger partial charge in [0.1, 0.15) is 0 Å². The van der Waals surface area contributed by atoms with Crippen molar-refractivity contribution in [1.82, 2.24) is 24.5 Å². The molecule has 0 radical (unpaired) electrons. The largest absolute Gasteiger partial charge is 0.322 e. The van der Waals surface area contributed by atoms with Crippen molar-refractivity contribution in [1.29, 1.82) is 0 Å². The zero-order valence-corrected chi connectivity index (χ0v) is 20.6. The number of aryl methyl sites for hydroxylation is 4. The third-order valence-electron chi connectivity index (χ3n) is 5.64. The maximum Gasteiger partial charge on any atom is 0.237 e. The third kappa shape index (κ3) is 4.71.